The van der Waals surface area contributed by atoms with Crippen LogP contribution in [-0.4, -0.2) is 19.1 Å². The Labute approximate surface area is 168 Å². The zero-order valence-corrected chi connectivity index (χ0v) is 17.5. The van der Waals surface area contributed by atoms with Gasteiger partial charge < -0.3 is 5.32 Å². The summed E-state index contributed by atoms with van der Waals surface area (Å²) in [6.07, 6.45) is -4.46. The highest BCUT2D eigenvalue weighted by atomic mass is 32.2. The van der Waals surface area contributed by atoms with E-state index in [-0.39, 0.29) is 16.8 Å². The fourth-order valence-electron chi connectivity index (χ4n) is 2.46. The molecule has 0 radical (unpaired) electrons. The largest absolute Gasteiger partial charge is 0.416 e. The summed E-state index contributed by atoms with van der Waals surface area (Å²) in [6, 6.07) is 7.91. The topological polar surface area (TPSA) is 75.3 Å². The number of benzene rings is 2. The van der Waals surface area contributed by atoms with Gasteiger partial charge in [0.25, 0.3) is 5.91 Å². The second-order valence-corrected chi connectivity index (χ2v) is 10.1. The number of carbonyl (C=O) groups excluding carboxylic acids is 1. The van der Waals surface area contributed by atoms with Crippen molar-refractivity contribution in [3.05, 3.63) is 58.7 Å². The first-order valence-electron chi connectivity index (χ1n) is 8.74. The molecule has 2 rings (SSSR count). The normalized spacial score (nSPS) is 12.6. The molecule has 5 nitrogen and oxygen atoms in total. The summed E-state index contributed by atoms with van der Waals surface area (Å²) in [4.78, 5) is 12.4. The molecular formula is C20H23F3N2O3S. The fourth-order valence-corrected chi connectivity index (χ4v) is 3.21. The lowest BCUT2D eigenvalue weighted by molar-refractivity contribution is -0.138. The summed E-state index contributed by atoms with van der Waals surface area (Å²) in [6.45, 7) is 7.54. The first-order chi connectivity index (χ1) is 13.1. The van der Waals surface area contributed by atoms with E-state index < -0.39 is 32.4 Å². The number of alkyl halides is 3. The third-order valence-corrected chi connectivity index (χ3v) is 6.66. The summed E-state index contributed by atoms with van der Waals surface area (Å²) in [5, 5.41) is 2.59. The Balaban J connectivity index is 2.20. The molecule has 0 bridgehead atoms. The third kappa shape index (κ3) is 5.09. The SMILES string of the molecule is Cc1c(NC(=O)c2ccc(NS(=O)(=O)C(C)(C)C)cc2)ccc(C(F)(F)F)c1C. The molecule has 0 fully saturated rings. The number of rotatable bonds is 4. The van der Waals surface area contributed by atoms with E-state index in [2.05, 4.69) is 10.0 Å². The van der Waals surface area contributed by atoms with E-state index in [1.54, 1.807) is 20.8 Å². The predicted octanol–water partition coefficient (Wildman–Crippen LogP) is 5.11. The number of carbonyl (C=O) groups is 1. The molecule has 0 aromatic heterocycles. The molecule has 29 heavy (non-hydrogen) atoms. The molecule has 2 N–H and O–H groups in total. The molecule has 2 aromatic carbocycles. The number of halogens is 3. The van der Waals surface area contributed by atoms with Gasteiger partial charge in [-0.15, -0.1) is 0 Å². The van der Waals surface area contributed by atoms with Crippen LogP contribution in [-0.2, 0) is 16.2 Å². The van der Waals surface area contributed by atoms with Crippen molar-refractivity contribution in [2.24, 2.45) is 0 Å². The Morgan fingerprint density at radius 1 is 0.897 bits per heavy atom. The summed E-state index contributed by atoms with van der Waals surface area (Å²) in [5.74, 6) is -0.516. The molecule has 0 atom stereocenters. The summed E-state index contributed by atoms with van der Waals surface area (Å²) in [7, 11) is -3.60. The minimum Gasteiger partial charge on any atom is -0.322 e. The molecular weight excluding hydrogens is 405 g/mol. The van der Waals surface area contributed by atoms with Gasteiger partial charge >= 0.3 is 6.18 Å². The van der Waals surface area contributed by atoms with E-state index in [0.717, 1.165) is 6.07 Å². The average Bonchev–Trinajstić information content (AvgIpc) is 2.57. The van der Waals surface area contributed by atoms with E-state index in [4.69, 9.17) is 0 Å². The van der Waals surface area contributed by atoms with Crippen LogP contribution in [0.2, 0.25) is 0 Å². The first kappa shape index (κ1) is 22.7. The molecule has 158 valence electrons. The number of anilines is 2. The molecule has 9 heteroatoms. The van der Waals surface area contributed by atoms with Crippen LogP contribution >= 0.6 is 0 Å². The zero-order chi connectivity index (χ0) is 22.2. The van der Waals surface area contributed by atoms with Crippen LogP contribution in [0, 0.1) is 13.8 Å². The quantitative estimate of drug-likeness (QED) is 0.710. The van der Waals surface area contributed by atoms with Crippen LogP contribution in [0.1, 0.15) is 47.8 Å². The summed E-state index contributed by atoms with van der Waals surface area (Å²) < 4.78 is 64.7. The van der Waals surface area contributed by atoms with Gasteiger partial charge in [-0.1, -0.05) is 0 Å². The lowest BCUT2D eigenvalue weighted by atomic mass is 10.0. The first-order valence-corrected chi connectivity index (χ1v) is 10.2. The van der Waals surface area contributed by atoms with E-state index in [1.807, 2.05) is 0 Å². The summed E-state index contributed by atoms with van der Waals surface area (Å²) >= 11 is 0. The number of amides is 1. The predicted molar refractivity (Wildman–Crippen MR) is 108 cm³/mol. The molecule has 0 aliphatic rings. The number of hydrogen-bond acceptors (Lipinski definition) is 3. The van der Waals surface area contributed by atoms with E-state index in [0.29, 0.717) is 11.3 Å². The lowest BCUT2D eigenvalue weighted by Crippen LogP contribution is -2.33. The number of nitrogens with one attached hydrogen (secondary N) is 2. The fraction of sp³-hybridized carbons (Fsp3) is 0.350. The van der Waals surface area contributed by atoms with Crippen LogP contribution in [0.25, 0.3) is 0 Å². The zero-order valence-electron chi connectivity index (χ0n) is 16.7. The molecule has 0 saturated carbocycles. The number of hydrogen-bond donors (Lipinski definition) is 2. The van der Waals surface area contributed by atoms with Crippen molar-refractivity contribution in [1.29, 1.82) is 0 Å². The summed E-state index contributed by atoms with van der Waals surface area (Å²) in [5.41, 5.74) is 0.435. The van der Waals surface area contributed by atoms with Gasteiger partial charge in [0, 0.05) is 16.9 Å². The molecule has 0 aliphatic heterocycles. The van der Waals surface area contributed by atoms with Gasteiger partial charge in [-0.05, 0) is 82.1 Å². The highest BCUT2D eigenvalue weighted by Crippen LogP contribution is 2.35. The molecule has 2 aromatic rings. The molecule has 0 unspecified atom stereocenters. The van der Waals surface area contributed by atoms with Crippen LogP contribution < -0.4 is 10.0 Å². The molecule has 1 amide bonds. The second-order valence-electron chi connectivity index (χ2n) is 7.66. The highest BCUT2D eigenvalue weighted by molar-refractivity contribution is 7.94. The number of sulfonamides is 1. The van der Waals surface area contributed by atoms with Gasteiger partial charge in [-0.2, -0.15) is 13.2 Å². The highest BCUT2D eigenvalue weighted by Gasteiger charge is 2.33. The Morgan fingerprint density at radius 3 is 1.93 bits per heavy atom. The van der Waals surface area contributed by atoms with Crippen molar-refractivity contribution < 1.29 is 26.4 Å². The van der Waals surface area contributed by atoms with Crippen LogP contribution in [0.4, 0.5) is 24.5 Å². The average molecular weight is 428 g/mol. The van der Waals surface area contributed by atoms with Crippen LogP contribution in [0.15, 0.2) is 36.4 Å². The second kappa shape index (κ2) is 7.70. The lowest BCUT2D eigenvalue weighted by Gasteiger charge is -2.20. The maximum atomic E-state index is 13.0. The van der Waals surface area contributed by atoms with Crippen molar-refractivity contribution >= 4 is 27.3 Å². The van der Waals surface area contributed by atoms with Gasteiger partial charge in [0.15, 0.2) is 0 Å². The van der Waals surface area contributed by atoms with Crippen LogP contribution in [0.3, 0.4) is 0 Å². The maximum Gasteiger partial charge on any atom is 0.416 e. The third-order valence-electron chi connectivity index (χ3n) is 4.55. The molecule has 0 aliphatic carbocycles. The van der Waals surface area contributed by atoms with Gasteiger partial charge in [-0.3, -0.25) is 9.52 Å². The Hall–Kier alpha value is -2.55. The monoisotopic (exact) mass is 428 g/mol. The van der Waals surface area contributed by atoms with Gasteiger partial charge in [0.05, 0.1) is 10.3 Å². The van der Waals surface area contributed by atoms with E-state index in [1.165, 1.54) is 44.2 Å². The van der Waals surface area contributed by atoms with Crippen molar-refractivity contribution in [3.8, 4) is 0 Å². The Morgan fingerprint density at radius 2 is 1.45 bits per heavy atom. The van der Waals surface area contributed by atoms with Crippen molar-refractivity contribution in [1.82, 2.24) is 0 Å². The standard InChI is InChI=1S/C20H23F3N2O3S/c1-12-13(2)17(11-10-16(12)20(21,22)23)24-18(26)14-6-8-15(9-7-14)25-29(27,28)19(3,4)5/h6-11,25H,1-5H3,(H,24,26). The Bertz CT molecular complexity index is 1020. The van der Waals surface area contributed by atoms with Crippen LogP contribution in [0.5, 0.6) is 0 Å². The minimum atomic E-state index is -4.46. The molecule has 0 heterocycles. The molecule has 0 spiro atoms. The smallest absolute Gasteiger partial charge is 0.322 e. The Kier molecular flexibility index (Phi) is 6.04. The van der Waals surface area contributed by atoms with Crippen molar-refractivity contribution in [2.45, 2.75) is 45.5 Å². The molecule has 0 saturated heterocycles. The van der Waals surface area contributed by atoms with Crippen molar-refractivity contribution in [3.63, 3.8) is 0 Å². The maximum absolute atomic E-state index is 13.0. The van der Waals surface area contributed by atoms with Gasteiger partial charge in [0.1, 0.15) is 0 Å². The minimum absolute atomic E-state index is 0.0437. The van der Waals surface area contributed by atoms with Gasteiger partial charge in [0.2, 0.25) is 10.0 Å². The van der Waals surface area contributed by atoms with Crippen molar-refractivity contribution in [2.75, 3.05) is 10.0 Å². The van der Waals surface area contributed by atoms with E-state index in [9.17, 15) is 26.4 Å². The van der Waals surface area contributed by atoms with E-state index >= 15 is 0 Å². The van der Waals surface area contributed by atoms with Gasteiger partial charge in [-0.25, -0.2) is 8.42 Å².